The molecule has 0 aliphatic heterocycles. The van der Waals surface area contributed by atoms with Crippen LogP contribution in [0, 0.1) is 0 Å². The van der Waals surface area contributed by atoms with E-state index < -0.39 is 0 Å². The number of nitrogens with zero attached hydrogens (tertiary/aromatic N) is 1. The summed E-state index contributed by atoms with van der Waals surface area (Å²) in [6.45, 7) is 0. The highest BCUT2D eigenvalue weighted by Crippen LogP contribution is 2.28. The minimum Gasteiger partial charge on any atom is -0.244 e. The molecular formula is C12H8Cl3NS. The summed E-state index contributed by atoms with van der Waals surface area (Å²) in [6, 6.07) is 9.35. The summed E-state index contributed by atoms with van der Waals surface area (Å²) < 4.78 is 0. The van der Waals surface area contributed by atoms with Gasteiger partial charge in [-0.1, -0.05) is 40.9 Å². The van der Waals surface area contributed by atoms with E-state index in [0.29, 0.717) is 10.2 Å². The average molecular weight is 305 g/mol. The maximum atomic E-state index is 6.06. The third-order valence-corrected chi connectivity index (χ3v) is 3.92. The van der Waals surface area contributed by atoms with Crippen LogP contribution in [0.1, 0.15) is 5.56 Å². The molecule has 1 aromatic heterocycles. The molecule has 0 aliphatic rings. The number of hydrogen-bond donors (Lipinski definition) is 0. The number of halogens is 3. The Morgan fingerprint density at radius 2 is 1.94 bits per heavy atom. The molecule has 0 unspecified atom stereocenters. The molecule has 0 aliphatic carbocycles. The monoisotopic (exact) mass is 303 g/mol. The van der Waals surface area contributed by atoms with Crippen molar-refractivity contribution in [2.45, 2.75) is 10.6 Å². The Bertz CT molecular complexity index is 531. The Hall–Kier alpha value is -0.410. The minimum atomic E-state index is 0.409. The molecule has 1 nitrogen and oxygen atoms in total. The Kier molecular flexibility index (Phi) is 4.57. The molecule has 5 heteroatoms. The number of pyridine rings is 1. The van der Waals surface area contributed by atoms with Gasteiger partial charge in [-0.15, -0.1) is 11.8 Å². The van der Waals surface area contributed by atoms with Crippen LogP contribution in [-0.2, 0) is 5.75 Å². The first-order valence-electron chi connectivity index (χ1n) is 4.83. The maximum Gasteiger partial charge on any atom is 0.130 e. The van der Waals surface area contributed by atoms with Crippen molar-refractivity contribution >= 4 is 46.6 Å². The van der Waals surface area contributed by atoms with E-state index in [-0.39, 0.29) is 0 Å². The van der Waals surface area contributed by atoms with Gasteiger partial charge in [-0.25, -0.2) is 4.98 Å². The lowest BCUT2D eigenvalue weighted by atomic mass is 10.3. The molecule has 1 heterocycles. The van der Waals surface area contributed by atoms with Crippen LogP contribution in [0.4, 0.5) is 0 Å². The Labute approximate surface area is 119 Å². The van der Waals surface area contributed by atoms with Crippen LogP contribution < -0.4 is 0 Å². The fourth-order valence-electron chi connectivity index (χ4n) is 1.26. The van der Waals surface area contributed by atoms with Crippen LogP contribution in [0.3, 0.4) is 0 Å². The second-order valence-electron chi connectivity index (χ2n) is 3.34. The normalized spacial score (nSPS) is 10.5. The van der Waals surface area contributed by atoms with Crippen molar-refractivity contribution in [3.63, 3.8) is 0 Å². The van der Waals surface area contributed by atoms with Gasteiger partial charge in [-0.05, 0) is 29.8 Å². The van der Waals surface area contributed by atoms with Crippen molar-refractivity contribution in [3.05, 3.63) is 57.3 Å². The zero-order chi connectivity index (χ0) is 12.3. The van der Waals surface area contributed by atoms with Crippen molar-refractivity contribution in [1.29, 1.82) is 0 Å². The van der Waals surface area contributed by atoms with E-state index in [2.05, 4.69) is 4.98 Å². The summed E-state index contributed by atoms with van der Waals surface area (Å²) in [5.41, 5.74) is 0.959. The molecule has 2 aromatic rings. The third kappa shape index (κ3) is 3.78. The molecule has 0 spiro atoms. The maximum absolute atomic E-state index is 6.06. The summed E-state index contributed by atoms with van der Waals surface area (Å²) in [4.78, 5) is 5.11. The number of benzene rings is 1. The van der Waals surface area contributed by atoms with E-state index >= 15 is 0 Å². The highest BCUT2D eigenvalue weighted by atomic mass is 35.5. The van der Waals surface area contributed by atoms with Gasteiger partial charge >= 0.3 is 0 Å². The first-order valence-corrected chi connectivity index (χ1v) is 6.95. The van der Waals surface area contributed by atoms with Gasteiger partial charge < -0.3 is 0 Å². The zero-order valence-electron chi connectivity index (χ0n) is 8.66. The quantitative estimate of drug-likeness (QED) is 0.561. The smallest absolute Gasteiger partial charge is 0.130 e. The second-order valence-corrected chi connectivity index (χ2v) is 5.62. The van der Waals surface area contributed by atoms with Gasteiger partial charge in [0.05, 0.1) is 0 Å². The second kappa shape index (κ2) is 5.96. The summed E-state index contributed by atoms with van der Waals surface area (Å²) in [5, 5.41) is 1.78. The SMILES string of the molecule is Clc1cccc(SCc2cnc(Cl)cc2Cl)c1. The molecule has 88 valence electrons. The van der Waals surface area contributed by atoms with Gasteiger partial charge in [-0.3, -0.25) is 0 Å². The lowest BCUT2D eigenvalue weighted by Gasteiger charge is -2.04. The molecule has 0 amide bonds. The van der Waals surface area contributed by atoms with Crippen LogP contribution in [0.15, 0.2) is 41.4 Å². The van der Waals surface area contributed by atoms with E-state index in [0.717, 1.165) is 21.2 Å². The van der Waals surface area contributed by atoms with Crippen LogP contribution in [0.2, 0.25) is 15.2 Å². The molecule has 0 radical (unpaired) electrons. The Morgan fingerprint density at radius 1 is 1.12 bits per heavy atom. The summed E-state index contributed by atoms with van der Waals surface area (Å²) in [5.74, 6) is 0.739. The predicted molar refractivity (Wildman–Crippen MR) is 75.3 cm³/mol. The van der Waals surface area contributed by atoms with Crippen molar-refractivity contribution in [2.75, 3.05) is 0 Å². The molecular weight excluding hydrogens is 297 g/mol. The Morgan fingerprint density at radius 3 is 2.65 bits per heavy atom. The van der Waals surface area contributed by atoms with E-state index in [1.54, 1.807) is 24.0 Å². The number of hydrogen-bond acceptors (Lipinski definition) is 2. The standard InChI is InChI=1S/C12H8Cl3NS/c13-9-2-1-3-10(4-9)17-7-8-6-16-12(15)5-11(8)14/h1-6H,7H2. The van der Waals surface area contributed by atoms with Crippen molar-refractivity contribution in [1.82, 2.24) is 4.98 Å². The molecule has 1 aromatic carbocycles. The van der Waals surface area contributed by atoms with E-state index in [9.17, 15) is 0 Å². The summed E-state index contributed by atoms with van der Waals surface area (Å²) >= 11 is 19.4. The first-order chi connectivity index (χ1) is 8.15. The fourth-order valence-corrected chi connectivity index (χ4v) is 2.96. The highest BCUT2D eigenvalue weighted by Gasteiger charge is 2.03. The molecule has 17 heavy (non-hydrogen) atoms. The van der Waals surface area contributed by atoms with Gasteiger partial charge in [-0.2, -0.15) is 0 Å². The average Bonchev–Trinajstić information content (AvgIpc) is 2.28. The van der Waals surface area contributed by atoms with Crippen LogP contribution in [-0.4, -0.2) is 4.98 Å². The van der Waals surface area contributed by atoms with Gasteiger partial charge in [0.25, 0.3) is 0 Å². The van der Waals surface area contributed by atoms with Crippen molar-refractivity contribution < 1.29 is 0 Å². The molecule has 0 N–H and O–H groups in total. The number of rotatable bonds is 3. The molecule has 0 saturated heterocycles. The highest BCUT2D eigenvalue weighted by molar-refractivity contribution is 7.98. The van der Waals surface area contributed by atoms with Gasteiger partial charge in [0.1, 0.15) is 5.15 Å². The third-order valence-electron chi connectivity index (χ3n) is 2.09. The first kappa shape index (κ1) is 13.0. The number of thioether (sulfide) groups is 1. The predicted octanol–water partition coefficient (Wildman–Crippen LogP) is 5.33. The van der Waals surface area contributed by atoms with Gasteiger partial charge in [0.2, 0.25) is 0 Å². The Balaban J connectivity index is 2.07. The molecule has 0 fully saturated rings. The van der Waals surface area contributed by atoms with Crippen LogP contribution in [0.5, 0.6) is 0 Å². The van der Waals surface area contributed by atoms with E-state index in [1.807, 2.05) is 24.3 Å². The van der Waals surface area contributed by atoms with Crippen molar-refractivity contribution in [2.24, 2.45) is 0 Å². The van der Waals surface area contributed by atoms with Crippen LogP contribution >= 0.6 is 46.6 Å². The van der Waals surface area contributed by atoms with Crippen LogP contribution in [0.25, 0.3) is 0 Å². The molecule has 0 saturated carbocycles. The van der Waals surface area contributed by atoms with Crippen molar-refractivity contribution in [3.8, 4) is 0 Å². The van der Waals surface area contributed by atoms with E-state index in [1.165, 1.54) is 0 Å². The summed E-state index contributed by atoms with van der Waals surface area (Å²) in [7, 11) is 0. The largest absolute Gasteiger partial charge is 0.244 e. The summed E-state index contributed by atoms with van der Waals surface area (Å²) in [6.07, 6.45) is 1.70. The lowest BCUT2D eigenvalue weighted by molar-refractivity contribution is 1.25. The topological polar surface area (TPSA) is 12.9 Å². The molecule has 2 rings (SSSR count). The molecule has 0 atom stereocenters. The van der Waals surface area contributed by atoms with E-state index in [4.69, 9.17) is 34.8 Å². The number of aromatic nitrogens is 1. The minimum absolute atomic E-state index is 0.409. The molecule has 0 bridgehead atoms. The van der Waals surface area contributed by atoms with Gasteiger partial charge in [0, 0.05) is 26.9 Å². The zero-order valence-corrected chi connectivity index (χ0v) is 11.7. The lowest BCUT2D eigenvalue weighted by Crippen LogP contribution is -1.85. The van der Waals surface area contributed by atoms with Gasteiger partial charge in [0.15, 0.2) is 0 Å². The fraction of sp³-hybridized carbons (Fsp3) is 0.0833.